The predicted octanol–water partition coefficient (Wildman–Crippen LogP) is 2.68. The first-order valence-corrected chi connectivity index (χ1v) is 7.05. The Morgan fingerprint density at radius 2 is 2.05 bits per heavy atom. The first-order chi connectivity index (χ1) is 9.10. The fourth-order valence-corrected chi connectivity index (χ4v) is 2.50. The molecule has 1 aromatic carbocycles. The van der Waals surface area contributed by atoms with Crippen molar-refractivity contribution in [2.24, 2.45) is 0 Å². The number of morpholine rings is 1. The van der Waals surface area contributed by atoms with E-state index in [0.717, 1.165) is 25.1 Å². The van der Waals surface area contributed by atoms with Crippen molar-refractivity contribution in [1.82, 2.24) is 4.90 Å². The lowest BCUT2D eigenvalue weighted by molar-refractivity contribution is -0.0523. The number of rotatable bonds is 4. The minimum atomic E-state index is 0.201. The summed E-state index contributed by atoms with van der Waals surface area (Å²) in [6.45, 7) is 8.32. The predicted molar refractivity (Wildman–Crippen MR) is 76.6 cm³/mol. The van der Waals surface area contributed by atoms with Gasteiger partial charge in [0.15, 0.2) is 5.78 Å². The fourth-order valence-electron chi connectivity index (χ4n) is 2.50. The fraction of sp³-hybridized carbons (Fsp3) is 0.562. The van der Waals surface area contributed by atoms with Crippen molar-refractivity contribution in [1.29, 1.82) is 0 Å². The van der Waals surface area contributed by atoms with Crippen LogP contribution in [0.25, 0.3) is 0 Å². The highest BCUT2D eigenvalue weighted by molar-refractivity contribution is 5.97. The molecule has 1 aromatic rings. The van der Waals surface area contributed by atoms with Gasteiger partial charge in [-0.2, -0.15) is 0 Å². The van der Waals surface area contributed by atoms with E-state index in [2.05, 4.69) is 18.7 Å². The molecule has 1 aliphatic heterocycles. The molecular weight excluding hydrogens is 238 g/mol. The zero-order chi connectivity index (χ0) is 13.8. The van der Waals surface area contributed by atoms with Crippen LogP contribution in [-0.2, 0) is 4.74 Å². The maximum absolute atomic E-state index is 12.3. The third-order valence-corrected chi connectivity index (χ3v) is 3.77. The number of nitrogens with zero attached hydrogens (tertiary/aromatic N) is 1. The van der Waals surface area contributed by atoms with Crippen LogP contribution >= 0.6 is 0 Å². The van der Waals surface area contributed by atoms with Crippen LogP contribution in [0.2, 0.25) is 0 Å². The van der Waals surface area contributed by atoms with Crippen molar-refractivity contribution in [2.45, 2.75) is 39.3 Å². The van der Waals surface area contributed by atoms with E-state index in [1.54, 1.807) is 0 Å². The van der Waals surface area contributed by atoms with Crippen LogP contribution in [0.15, 0.2) is 24.3 Å². The van der Waals surface area contributed by atoms with Crippen LogP contribution in [0, 0.1) is 6.92 Å². The van der Waals surface area contributed by atoms with Crippen molar-refractivity contribution < 1.29 is 9.53 Å². The highest BCUT2D eigenvalue weighted by Gasteiger charge is 2.27. The van der Waals surface area contributed by atoms with E-state index in [4.69, 9.17) is 4.74 Å². The Hall–Kier alpha value is -1.19. The molecule has 1 heterocycles. The average Bonchev–Trinajstić information content (AvgIpc) is 2.39. The third kappa shape index (κ3) is 3.64. The van der Waals surface area contributed by atoms with Gasteiger partial charge in [-0.05, 0) is 20.3 Å². The molecule has 3 heteroatoms. The summed E-state index contributed by atoms with van der Waals surface area (Å²) in [5.41, 5.74) is 1.99. The molecule has 3 nitrogen and oxygen atoms in total. The van der Waals surface area contributed by atoms with Crippen LogP contribution in [0.1, 0.15) is 36.2 Å². The summed E-state index contributed by atoms with van der Waals surface area (Å²) in [5, 5.41) is 0. The average molecular weight is 261 g/mol. The van der Waals surface area contributed by atoms with Gasteiger partial charge in [0, 0.05) is 18.2 Å². The SMILES string of the molecule is CCC1COC(C)CN1CC(=O)c1ccc(C)cc1. The van der Waals surface area contributed by atoms with E-state index >= 15 is 0 Å². The number of aryl methyl sites for hydroxylation is 1. The van der Waals surface area contributed by atoms with Crippen molar-refractivity contribution in [3.05, 3.63) is 35.4 Å². The Labute approximate surface area is 115 Å². The molecular formula is C16H23NO2. The molecule has 104 valence electrons. The second kappa shape index (κ2) is 6.31. The van der Waals surface area contributed by atoms with Crippen molar-refractivity contribution in [3.63, 3.8) is 0 Å². The molecule has 0 N–H and O–H groups in total. The van der Waals surface area contributed by atoms with Gasteiger partial charge in [-0.3, -0.25) is 9.69 Å². The van der Waals surface area contributed by atoms with Gasteiger partial charge < -0.3 is 4.74 Å². The molecule has 1 saturated heterocycles. The summed E-state index contributed by atoms with van der Waals surface area (Å²) in [6.07, 6.45) is 1.24. The highest BCUT2D eigenvalue weighted by Crippen LogP contribution is 2.15. The second-order valence-electron chi connectivity index (χ2n) is 5.42. The molecule has 0 aliphatic carbocycles. The van der Waals surface area contributed by atoms with Gasteiger partial charge in [0.2, 0.25) is 0 Å². The molecule has 19 heavy (non-hydrogen) atoms. The van der Waals surface area contributed by atoms with Gasteiger partial charge in [-0.25, -0.2) is 0 Å². The summed E-state index contributed by atoms with van der Waals surface area (Å²) in [6, 6.07) is 8.19. The zero-order valence-corrected chi connectivity index (χ0v) is 12.1. The standard InChI is InChI=1S/C16H23NO2/c1-4-15-11-19-13(3)9-17(15)10-16(18)14-7-5-12(2)6-8-14/h5-8,13,15H,4,9-11H2,1-3H3. The van der Waals surface area contributed by atoms with Crippen molar-refractivity contribution in [3.8, 4) is 0 Å². The van der Waals surface area contributed by atoms with Crippen molar-refractivity contribution >= 4 is 5.78 Å². The Morgan fingerprint density at radius 3 is 2.68 bits per heavy atom. The van der Waals surface area contributed by atoms with E-state index in [9.17, 15) is 4.79 Å². The molecule has 2 atom stereocenters. The number of hydrogen-bond donors (Lipinski definition) is 0. The lowest BCUT2D eigenvalue weighted by Gasteiger charge is -2.37. The van der Waals surface area contributed by atoms with Gasteiger partial charge in [-0.1, -0.05) is 36.8 Å². The molecule has 0 radical (unpaired) electrons. The number of hydrogen-bond acceptors (Lipinski definition) is 3. The molecule has 2 rings (SSSR count). The van der Waals surface area contributed by atoms with E-state index in [1.165, 1.54) is 5.56 Å². The summed E-state index contributed by atoms with van der Waals surface area (Å²) in [4.78, 5) is 14.6. The summed E-state index contributed by atoms with van der Waals surface area (Å²) in [5.74, 6) is 0.201. The van der Waals surface area contributed by atoms with Crippen LogP contribution in [0.3, 0.4) is 0 Å². The number of ketones is 1. The Bertz CT molecular complexity index is 427. The molecule has 2 unspecified atom stereocenters. The van der Waals surface area contributed by atoms with E-state index < -0.39 is 0 Å². The summed E-state index contributed by atoms with van der Waals surface area (Å²) in [7, 11) is 0. The van der Waals surface area contributed by atoms with E-state index in [-0.39, 0.29) is 11.9 Å². The van der Waals surface area contributed by atoms with Crippen molar-refractivity contribution in [2.75, 3.05) is 19.7 Å². The normalized spacial score (nSPS) is 24.4. The minimum Gasteiger partial charge on any atom is -0.376 e. The molecule has 0 saturated carbocycles. The molecule has 0 aromatic heterocycles. The number of ether oxygens (including phenoxy) is 1. The quantitative estimate of drug-likeness (QED) is 0.780. The Morgan fingerprint density at radius 1 is 1.37 bits per heavy atom. The monoisotopic (exact) mass is 261 g/mol. The van der Waals surface area contributed by atoms with Crippen LogP contribution < -0.4 is 0 Å². The van der Waals surface area contributed by atoms with Gasteiger partial charge in [0.1, 0.15) is 0 Å². The lowest BCUT2D eigenvalue weighted by atomic mass is 10.1. The minimum absolute atomic E-state index is 0.201. The van der Waals surface area contributed by atoms with Crippen LogP contribution in [0.5, 0.6) is 0 Å². The van der Waals surface area contributed by atoms with Gasteiger partial charge >= 0.3 is 0 Å². The maximum atomic E-state index is 12.3. The summed E-state index contributed by atoms with van der Waals surface area (Å²) < 4.78 is 5.66. The van der Waals surface area contributed by atoms with E-state index in [1.807, 2.05) is 31.2 Å². The molecule has 0 spiro atoms. The number of carbonyl (C=O) groups excluding carboxylic acids is 1. The van der Waals surface area contributed by atoms with Crippen LogP contribution in [-0.4, -0.2) is 42.5 Å². The lowest BCUT2D eigenvalue weighted by Crippen LogP contribution is -2.50. The zero-order valence-electron chi connectivity index (χ0n) is 12.1. The van der Waals surface area contributed by atoms with Gasteiger partial charge in [0.05, 0.1) is 19.3 Å². The largest absolute Gasteiger partial charge is 0.376 e. The topological polar surface area (TPSA) is 29.5 Å². The van der Waals surface area contributed by atoms with E-state index in [0.29, 0.717) is 12.6 Å². The third-order valence-electron chi connectivity index (χ3n) is 3.77. The Balaban J connectivity index is 2.02. The molecule has 1 aliphatic rings. The maximum Gasteiger partial charge on any atom is 0.176 e. The first kappa shape index (κ1) is 14.2. The number of Topliss-reactive ketones (excluding diaryl/α,β-unsaturated/α-hetero) is 1. The van der Waals surface area contributed by atoms with Crippen LogP contribution in [0.4, 0.5) is 0 Å². The first-order valence-electron chi connectivity index (χ1n) is 7.05. The smallest absolute Gasteiger partial charge is 0.176 e. The second-order valence-corrected chi connectivity index (χ2v) is 5.42. The molecule has 1 fully saturated rings. The highest BCUT2D eigenvalue weighted by atomic mass is 16.5. The Kier molecular flexibility index (Phi) is 4.72. The molecule has 0 bridgehead atoms. The number of carbonyl (C=O) groups is 1. The summed E-state index contributed by atoms with van der Waals surface area (Å²) >= 11 is 0. The number of benzene rings is 1. The molecule has 0 amide bonds. The van der Waals surface area contributed by atoms with Gasteiger partial charge in [0.25, 0.3) is 0 Å². The van der Waals surface area contributed by atoms with Gasteiger partial charge in [-0.15, -0.1) is 0 Å².